The Morgan fingerprint density at radius 1 is 0.383 bits per heavy atom. The van der Waals surface area contributed by atoms with Gasteiger partial charge in [0.05, 0.1) is 21.8 Å². The summed E-state index contributed by atoms with van der Waals surface area (Å²) >= 11 is 3.68. The fraction of sp³-hybridized carbons (Fsp3) is 0. The van der Waals surface area contributed by atoms with Gasteiger partial charge in [0.2, 0.25) is 0 Å². The number of hydrogen-bond donors (Lipinski definition) is 0. The molecule has 0 saturated heterocycles. The summed E-state index contributed by atoms with van der Waals surface area (Å²) < 4.78 is 18.4. The molecule has 0 aliphatic rings. The Morgan fingerprint density at radius 3 is 1.81 bits per heavy atom. The molecule has 11 aromatic rings. The van der Waals surface area contributed by atoms with Gasteiger partial charge in [-0.1, -0.05) is 97.1 Å². The largest absolute Gasteiger partial charge is 0.456 e. The quantitative estimate of drug-likeness (QED) is 0.193. The fourth-order valence-electron chi connectivity index (χ4n) is 7.45. The first-order valence-corrected chi connectivity index (χ1v) is 17.3. The molecule has 0 bridgehead atoms. The lowest BCUT2D eigenvalue weighted by Crippen LogP contribution is -2.11. The standard InChI is InChI=1S/C42H23NO2S2/c1-5-19-33-24(11-1)26-15-9-17-30(40(26)45-33)43(31-18-10-16-27-25-12-3-7-21-36(25)46-41(27)31)32-23-35-39(28-13-2-6-20-34(28)44-35)42-38(32)29-14-4-8-22-37(29)47-42/h1-23H. The second kappa shape index (κ2) is 9.46. The molecule has 0 fully saturated rings. The van der Waals surface area contributed by atoms with Gasteiger partial charge in [0.15, 0.2) is 5.58 Å². The van der Waals surface area contributed by atoms with Crippen molar-refractivity contribution in [2.24, 2.45) is 0 Å². The van der Waals surface area contributed by atoms with Crippen LogP contribution in [-0.4, -0.2) is 0 Å². The lowest BCUT2D eigenvalue weighted by atomic mass is 10.0. The van der Waals surface area contributed by atoms with E-state index >= 15 is 0 Å². The van der Waals surface area contributed by atoms with E-state index in [1.807, 2.05) is 34.8 Å². The number of anilines is 3. The van der Waals surface area contributed by atoms with Crippen molar-refractivity contribution >= 4 is 124 Å². The maximum absolute atomic E-state index is 6.74. The van der Waals surface area contributed by atoms with E-state index in [0.29, 0.717) is 0 Å². The van der Waals surface area contributed by atoms with Crippen LogP contribution in [0, 0.1) is 0 Å². The minimum atomic E-state index is 0.865. The second-order valence-corrected chi connectivity index (χ2v) is 14.1. The van der Waals surface area contributed by atoms with Crippen LogP contribution < -0.4 is 4.90 Å². The Kier molecular flexibility index (Phi) is 5.14. The number of rotatable bonds is 3. The van der Waals surface area contributed by atoms with Gasteiger partial charge in [-0.15, -0.1) is 22.7 Å². The van der Waals surface area contributed by atoms with Crippen molar-refractivity contribution in [3.05, 3.63) is 140 Å². The van der Waals surface area contributed by atoms with Crippen LogP contribution in [0.5, 0.6) is 0 Å². The van der Waals surface area contributed by atoms with Crippen molar-refractivity contribution in [1.82, 2.24) is 0 Å². The summed E-state index contributed by atoms with van der Waals surface area (Å²) in [6, 6.07) is 49.6. The number of nitrogens with zero attached hydrogens (tertiary/aromatic N) is 1. The number of para-hydroxylation sites is 3. The molecule has 0 N–H and O–H groups in total. The number of fused-ring (bicyclic) bond motifs is 13. The van der Waals surface area contributed by atoms with E-state index in [1.54, 1.807) is 0 Å². The van der Waals surface area contributed by atoms with Gasteiger partial charge in [0.25, 0.3) is 0 Å². The molecule has 0 spiro atoms. The van der Waals surface area contributed by atoms with Crippen molar-refractivity contribution in [2.45, 2.75) is 0 Å². The molecular weight excluding hydrogens is 615 g/mol. The van der Waals surface area contributed by atoms with Crippen LogP contribution >= 0.6 is 22.7 Å². The Balaban J connectivity index is 1.35. The second-order valence-electron chi connectivity index (χ2n) is 12.0. The molecule has 0 amide bonds. The molecule has 0 aliphatic heterocycles. The predicted molar refractivity (Wildman–Crippen MR) is 201 cm³/mol. The molecule has 5 heteroatoms. The van der Waals surface area contributed by atoms with Crippen LogP contribution in [0.3, 0.4) is 0 Å². The molecule has 0 saturated carbocycles. The van der Waals surface area contributed by atoms with Gasteiger partial charge in [0, 0.05) is 63.3 Å². The zero-order chi connectivity index (χ0) is 30.6. The highest BCUT2D eigenvalue weighted by Gasteiger charge is 2.27. The molecule has 11 rings (SSSR count). The molecule has 7 aromatic carbocycles. The first-order valence-electron chi connectivity index (χ1n) is 15.7. The lowest BCUT2D eigenvalue weighted by molar-refractivity contribution is 0.668. The van der Waals surface area contributed by atoms with Crippen LogP contribution in [0.2, 0.25) is 0 Å². The lowest BCUT2D eigenvalue weighted by Gasteiger charge is -2.27. The number of thiophene rings is 2. The van der Waals surface area contributed by atoms with Crippen LogP contribution in [0.1, 0.15) is 0 Å². The van der Waals surface area contributed by atoms with E-state index in [4.69, 9.17) is 8.83 Å². The summed E-state index contributed by atoms with van der Waals surface area (Å²) in [6.45, 7) is 0. The van der Waals surface area contributed by atoms with E-state index in [0.717, 1.165) is 55.6 Å². The number of benzene rings is 7. The van der Waals surface area contributed by atoms with Crippen molar-refractivity contribution in [1.29, 1.82) is 0 Å². The highest BCUT2D eigenvalue weighted by atomic mass is 32.1. The Labute approximate surface area is 276 Å². The first-order chi connectivity index (χ1) is 23.3. The third-order valence-electron chi connectivity index (χ3n) is 9.46. The minimum absolute atomic E-state index is 0.865. The fourth-order valence-corrected chi connectivity index (χ4v) is 9.94. The molecule has 0 atom stereocenters. The number of furan rings is 2. The van der Waals surface area contributed by atoms with Crippen molar-refractivity contribution in [2.75, 3.05) is 4.90 Å². The Morgan fingerprint density at radius 2 is 0.979 bits per heavy atom. The predicted octanol–water partition coefficient (Wildman–Crippen LogP) is 13.7. The van der Waals surface area contributed by atoms with E-state index in [-0.39, 0.29) is 0 Å². The van der Waals surface area contributed by atoms with Crippen molar-refractivity contribution < 1.29 is 8.83 Å². The van der Waals surface area contributed by atoms with E-state index in [2.05, 4.69) is 132 Å². The summed E-state index contributed by atoms with van der Waals surface area (Å²) in [5.74, 6) is 0. The molecule has 3 nitrogen and oxygen atoms in total. The zero-order valence-corrected chi connectivity index (χ0v) is 26.5. The highest BCUT2D eigenvalue weighted by Crippen LogP contribution is 2.53. The molecule has 220 valence electrons. The summed E-state index contributed by atoms with van der Waals surface area (Å²) in [4.78, 5) is 2.43. The van der Waals surface area contributed by atoms with Gasteiger partial charge in [-0.3, -0.25) is 0 Å². The Bertz CT molecular complexity index is 2930. The first kappa shape index (κ1) is 25.6. The molecule has 0 aliphatic carbocycles. The molecule has 0 unspecified atom stereocenters. The summed E-state index contributed by atoms with van der Waals surface area (Å²) in [5, 5.41) is 9.50. The minimum Gasteiger partial charge on any atom is -0.456 e. The summed E-state index contributed by atoms with van der Waals surface area (Å²) in [7, 11) is 0. The number of hydrogen-bond acceptors (Lipinski definition) is 5. The van der Waals surface area contributed by atoms with E-state index in [9.17, 15) is 0 Å². The van der Waals surface area contributed by atoms with Gasteiger partial charge in [-0.25, -0.2) is 0 Å². The van der Waals surface area contributed by atoms with Crippen molar-refractivity contribution in [3.8, 4) is 0 Å². The van der Waals surface area contributed by atoms with Gasteiger partial charge in [-0.05, 0) is 36.4 Å². The van der Waals surface area contributed by atoms with E-state index in [1.165, 1.54) is 45.7 Å². The Hall–Kier alpha value is -5.62. The SMILES string of the molecule is c1ccc2c(c1)oc1c(N(c3cccc4c3sc3ccccc34)c3cc4oc5ccccc5c4c4sc5ccccc5c34)cccc12. The average Bonchev–Trinajstić information content (AvgIpc) is 3.88. The van der Waals surface area contributed by atoms with Crippen LogP contribution in [0.15, 0.2) is 148 Å². The van der Waals surface area contributed by atoms with Gasteiger partial charge in [-0.2, -0.15) is 0 Å². The van der Waals surface area contributed by atoms with E-state index < -0.39 is 0 Å². The van der Waals surface area contributed by atoms with Crippen molar-refractivity contribution in [3.63, 3.8) is 0 Å². The topological polar surface area (TPSA) is 29.5 Å². The van der Waals surface area contributed by atoms with Crippen LogP contribution in [0.25, 0.3) is 84.2 Å². The van der Waals surface area contributed by atoms with Crippen LogP contribution in [0.4, 0.5) is 17.1 Å². The normalized spacial score (nSPS) is 12.3. The van der Waals surface area contributed by atoms with Gasteiger partial charge < -0.3 is 13.7 Å². The third kappa shape index (κ3) is 3.50. The molecular formula is C42H23NO2S2. The molecule has 0 radical (unpaired) electrons. The molecule has 47 heavy (non-hydrogen) atoms. The molecule has 4 aromatic heterocycles. The highest BCUT2D eigenvalue weighted by molar-refractivity contribution is 7.27. The maximum atomic E-state index is 6.74. The smallest absolute Gasteiger partial charge is 0.159 e. The average molecular weight is 638 g/mol. The third-order valence-corrected chi connectivity index (χ3v) is 11.9. The molecule has 4 heterocycles. The zero-order valence-electron chi connectivity index (χ0n) is 24.9. The summed E-state index contributed by atoms with van der Waals surface area (Å²) in [6.07, 6.45) is 0. The monoisotopic (exact) mass is 637 g/mol. The van der Waals surface area contributed by atoms with Crippen LogP contribution in [-0.2, 0) is 0 Å². The van der Waals surface area contributed by atoms with Gasteiger partial charge >= 0.3 is 0 Å². The summed E-state index contributed by atoms with van der Waals surface area (Å²) in [5.41, 5.74) is 6.71. The van der Waals surface area contributed by atoms with Gasteiger partial charge in [0.1, 0.15) is 16.7 Å². The maximum Gasteiger partial charge on any atom is 0.159 e.